The first-order chi connectivity index (χ1) is 8.90. The Hall–Kier alpha value is -0.910. The summed E-state index contributed by atoms with van der Waals surface area (Å²) in [6.07, 6.45) is 1.04. The van der Waals surface area contributed by atoms with Crippen LogP contribution in [0, 0.1) is 0 Å². The monoisotopic (exact) mass is 388 g/mol. The van der Waals surface area contributed by atoms with Gasteiger partial charge < -0.3 is 9.73 Å². The number of carbonyl (C=O) groups excluding carboxylic acids is 1. The van der Waals surface area contributed by atoms with Crippen LogP contribution >= 0.6 is 15.9 Å². The molecule has 0 bridgehead atoms. The van der Waals surface area contributed by atoms with Gasteiger partial charge in [-0.05, 0) is 22.9 Å². The predicted molar refractivity (Wildman–Crippen MR) is 74.4 cm³/mol. The van der Waals surface area contributed by atoms with Crippen LogP contribution in [0.3, 0.4) is 0 Å². The lowest BCUT2D eigenvalue weighted by Gasteiger charge is -2.11. The number of hydrogen-bond acceptors (Lipinski definition) is 6. The summed E-state index contributed by atoms with van der Waals surface area (Å²) in [5.41, 5.74) is 0. The van der Waals surface area contributed by atoms with Crippen molar-refractivity contribution in [1.82, 2.24) is 5.32 Å². The molecule has 1 rings (SSSR count). The second-order valence-corrected chi connectivity index (χ2v) is 8.70. The van der Waals surface area contributed by atoms with E-state index in [1.807, 2.05) is 0 Å². The molecule has 20 heavy (non-hydrogen) atoms. The third-order valence-corrected chi connectivity index (χ3v) is 4.99. The van der Waals surface area contributed by atoms with Crippen LogP contribution in [0.1, 0.15) is 17.5 Å². The van der Waals surface area contributed by atoms with Crippen LogP contribution in [0.5, 0.6) is 0 Å². The van der Waals surface area contributed by atoms with Crippen LogP contribution in [0.4, 0.5) is 0 Å². The number of sulfone groups is 1. The molecule has 1 aromatic rings. The van der Waals surface area contributed by atoms with Crippen molar-refractivity contribution in [3.63, 3.8) is 0 Å². The minimum atomic E-state index is -4.02. The van der Waals surface area contributed by atoms with E-state index in [1.165, 1.54) is 6.92 Å². The van der Waals surface area contributed by atoms with Gasteiger partial charge >= 0.3 is 0 Å². The molecular weight excluding hydrogens is 376 g/mol. The molecule has 0 saturated carbocycles. The van der Waals surface area contributed by atoms with E-state index in [-0.39, 0.29) is 21.1 Å². The number of carbonyl (C=O) groups is 1. The maximum atomic E-state index is 11.8. The van der Waals surface area contributed by atoms with E-state index in [1.54, 1.807) is 0 Å². The normalized spacial score (nSPS) is 14.0. The zero-order valence-electron chi connectivity index (χ0n) is 10.6. The molecule has 0 spiro atoms. The van der Waals surface area contributed by atoms with Crippen molar-refractivity contribution >= 4 is 41.7 Å². The van der Waals surface area contributed by atoms with Gasteiger partial charge in [-0.15, -0.1) is 0 Å². The fourth-order valence-corrected chi connectivity index (χ4v) is 3.94. The molecule has 0 aliphatic heterocycles. The molecule has 1 amide bonds. The third-order valence-electron chi connectivity index (χ3n) is 2.12. The first kappa shape index (κ1) is 17.1. The number of nitrogens with two attached hydrogens (primary N) is 1. The van der Waals surface area contributed by atoms with Crippen LogP contribution in [-0.4, -0.2) is 40.8 Å². The summed E-state index contributed by atoms with van der Waals surface area (Å²) in [7, 11) is -7.27. The second-order valence-electron chi connectivity index (χ2n) is 4.26. The lowest BCUT2D eigenvalue weighted by atomic mass is 10.3. The maximum absolute atomic E-state index is 11.8. The van der Waals surface area contributed by atoms with Gasteiger partial charge in [0.2, 0.25) is 10.0 Å². The molecule has 3 N–H and O–H groups in total. The molecular formula is C9H13BrN2O6S2. The Morgan fingerprint density at radius 2 is 2.00 bits per heavy atom. The van der Waals surface area contributed by atoms with Crippen molar-refractivity contribution in [3.05, 3.63) is 16.5 Å². The Bertz CT molecular complexity index is 722. The molecule has 0 aliphatic rings. The smallest absolute Gasteiger partial charge is 0.287 e. The highest BCUT2D eigenvalue weighted by atomic mass is 79.9. The molecule has 1 aromatic heterocycles. The Kier molecular flexibility index (Phi) is 5.00. The Balaban J connectivity index is 2.90. The molecule has 0 radical (unpaired) electrons. The Morgan fingerprint density at radius 1 is 1.45 bits per heavy atom. The molecule has 1 atom stereocenters. The number of halogens is 1. The van der Waals surface area contributed by atoms with E-state index in [2.05, 4.69) is 21.2 Å². The summed E-state index contributed by atoms with van der Waals surface area (Å²) in [6.45, 7) is 1.50. The lowest BCUT2D eigenvalue weighted by Crippen LogP contribution is -2.37. The van der Waals surface area contributed by atoms with Crippen LogP contribution in [0.15, 0.2) is 20.0 Å². The van der Waals surface area contributed by atoms with Crippen LogP contribution in [0.2, 0.25) is 0 Å². The van der Waals surface area contributed by atoms with Crippen molar-refractivity contribution in [2.24, 2.45) is 5.14 Å². The summed E-state index contributed by atoms with van der Waals surface area (Å²) in [4.78, 5) is 11.4. The fourth-order valence-electron chi connectivity index (χ4n) is 1.45. The van der Waals surface area contributed by atoms with Gasteiger partial charge in [0.1, 0.15) is 14.7 Å². The average molecular weight is 389 g/mol. The second kappa shape index (κ2) is 5.84. The predicted octanol–water partition coefficient (Wildman–Crippen LogP) is -0.148. The standard InChI is InChI=1S/C9H13BrN2O6S2/c1-5(4-19(2,14)15)12-9(13)6-3-7(8(10)18-6)20(11,16)17/h3,5H,4H2,1-2H3,(H,12,13)(H2,11,16,17). The highest BCUT2D eigenvalue weighted by molar-refractivity contribution is 9.10. The highest BCUT2D eigenvalue weighted by Crippen LogP contribution is 2.25. The summed E-state index contributed by atoms with van der Waals surface area (Å²) in [6, 6.07) is 0.307. The molecule has 11 heteroatoms. The molecule has 114 valence electrons. The van der Waals surface area contributed by atoms with Gasteiger partial charge in [-0.1, -0.05) is 0 Å². The largest absolute Gasteiger partial charge is 0.443 e. The van der Waals surface area contributed by atoms with Crippen molar-refractivity contribution in [2.45, 2.75) is 17.9 Å². The van der Waals surface area contributed by atoms with Crippen LogP contribution < -0.4 is 10.5 Å². The van der Waals surface area contributed by atoms with Gasteiger partial charge in [-0.3, -0.25) is 4.79 Å². The Morgan fingerprint density at radius 3 is 2.40 bits per heavy atom. The number of rotatable bonds is 5. The average Bonchev–Trinajstić information content (AvgIpc) is 2.56. The first-order valence-electron chi connectivity index (χ1n) is 5.21. The summed E-state index contributed by atoms with van der Waals surface area (Å²) in [5.74, 6) is -1.28. The number of nitrogens with one attached hydrogen (secondary N) is 1. The molecule has 0 aliphatic carbocycles. The quantitative estimate of drug-likeness (QED) is 0.719. The van der Waals surface area contributed by atoms with Crippen molar-refractivity contribution in [1.29, 1.82) is 0 Å². The zero-order valence-corrected chi connectivity index (χ0v) is 13.8. The molecule has 0 aromatic carbocycles. The van der Waals surface area contributed by atoms with E-state index in [9.17, 15) is 21.6 Å². The molecule has 0 fully saturated rings. The van der Waals surface area contributed by atoms with E-state index >= 15 is 0 Å². The number of amides is 1. The number of hydrogen-bond donors (Lipinski definition) is 2. The van der Waals surface area contributed by atoms with Crippen molar-refractivity contribution < 1.29 is 26.0 Å². The summed E-state index contributed by atoms with van der Waals surface area (Å²) in [5, 5.41) is 7.30. The van der Waals surface area contributed by atoms with Gasteiger partial charge in [0.25, 0.3) is 5.91 Å². The van der Waals surface area contributed by atoms with E-state index < -0.39 is 31.8 Å². The van der Waals surface area contributed by atoms with Crippen LogP contribution in [-0.2, 0) is 19.9 Å². The number of primary sulfonamides is 1. The Labute approximate surface area is 124 Å². The molecule has 1 heterocycles. The van der Waals surface area contributed by atoms with Gasteiger partial charge in [0, 0.05) is 18.4 Å². The molecule has 0 saturated heterocycles. The minimum Gasteiger partial charge on any atom is -0.443 e. The topological polar surface area (TPSA) is 137 Å². The van der Waals surface area contributed by atoms with Gasteiger partial charge in [-0.2, -0.15) is 0 Å². The van der Waals surface area contributed by atoms with Crippen molar-refractivity contribution in [3.8, 4) is 0 Å². The van der Waals surface area contributed by atoms with Crippen LogP contribution in [0.25, 0.3) is 0 Å². The summed E-state index contributed by atoms with van der Waals surface area (Å²) < 4.78 is 49.2. The lowest BCUT2D eigenvalue weighted by molar-refractivity contribution is 0.0914. The van der Waals surface area contributed by atoms with E-state index in [0.717, 1.165) is 12.3 Å². The highest BCUT2D eigenvalue weighted by Gasteiger charge is 2.23. The SMILES string of the molecule is CC(CS(C)(=O)=O)NC(=O)c1cc(S(N)(=O)=O)c(Br)o1. The van der Waals surface area contributed by atoms with E-state index in [0.29, 0.717) is 0 Å². The maximum Gasteiger partial charge on any atom is 0.287 e. The number of sulfonamides is 1. The number of furan rings is 1. The first-order valence-corrected chi connectivity index (χ1v) is 9.61. The molecule has 8 nitrogen and oxygen atoms in total. The van der Waals surface area contributed by atoms with E-state index in [4.69, 9.17) is 9.56 Å². The third kappa shape index (κ3) is 4.89. The van der Waals surface area contributed by atoms with Crippen molar-refractivity contribution in [2.75, 3.05) is 12.0 Å². The van der Waals surface area contributed by atoms with Gasteiger partial charge in [0.15, 0.2) is 10.4 Å². The minimum absolute atomic E-state index is 0.194. The summed E-state index contributed by atoms with van der Waals surface area (Å²) >= 11 is 2.83. The van der Waals surface area contributed by atoms with Gasteiger partial charge in [-0.25, -0.2) is 22.0 Å². The zero-order chi connectivity index (χ0) is 15.7. The molecule has 1 unspecified atom stereocenters. The fraction of sp³-hybridized carbons (Fsp3) is 0.444. The van der Waals surface area contributed by atoms with Gasteiger partial charge in [0.05, 0.1) is 5.75 Å².